The van der Waals surface area contributed by atoms with Crippen molar-refractivity contribution in [2.75, 3.05) is 6.61 Å². The van der Waals surface area contributed by atoms with Crippen molar-refractivity contribution >= 4 is 0 Å². The van der Waals surface area contributed by atoms with E-state index in [1.54, 1.807) is 0 Å². The molecule has 1 aromatic rings. The zero-order valence-corrected chi connectivity index (χ0v) is 11.3. The molecule has 1 saturated carbocycles. The van der Waals surface area contributed by atoms with E-state index in [0.29, 0.717) is 24.2 Å². The molecular formula is C13H23N3O2. The van der Waals surface area contributed by atoms with Crippen molar-refractivity contribution in [3.05, 3.63) is 11.7 Å². The summed E-state index contributed by atoms with van der Waals surface area (Å²) in [6.45, 7) is 4.89. The van der Waals surface area contributed by atoms with Gasteiger partial charge < -0.3 is 15.0 Å². The number of ether oxygens (including phenoxy) is 1. The molecule has 102 valence electrons. The molecule has 5 heteroatoms. The van der Waals surface area contributed by atoms with E-state index in [0.717, 1.165) is 6.61 Å². The lowest BCUT2D eigenvalue weighted by molar-refractivity contribution is 0.0581. The van der Waals surface area contributed by atoms with Crippen molar-refractivity contribution in [2.24, 2.45) is 11.7 Å². The fourth-order valence-electron chi connectivity index (χ4n) is 2.24. The molecule has 1 aliphatic carbocycles. The zero-order valence-electron chi connectivity index (χ0n) is 11.3. The molecule has 0 saturated heterocycles. The van der Waals surface area contributed by atoms with Gasteiger partial charge in [0.15, 0.2) is 5.82 Å². The van der Waals surface area contributed by atoms with E-state index in [9.17, 15) is 0 Å². The van der Waals surface area contributed by atoms with E-state index in [2.05, 4.69) is 10.1 Å². The quantitative estimate of drug-likeness (QED) is 0.872. The third-order valence-electron chi connectivity index (χ3n) is 3.35. The first-order valence-electron chi connectivity index (χ1n) is 6.75. The Morgan fingerprint density at radius 2 is 2.06 bits per heavy atom. The minimum absolute atomic E-state index is 0.388. The van der Waals surface area contributed by atoms with Crippen LogP contribution in [0.1, 0.15) is 57.7 Å². The Kier molecular flexibility index (Phi) is 4.35. The smallest absolute Gasteiger partial charge is 0.252 e. The normalized spacial score (nSPS) is 18.2. The van der Waals surface area contributed by atoms with Gasteiger partial charge in [0.05, 0.1) is 12.1 Å². The molecule has 1 aromatic heterocycles. The Balaban J connectivity index is 1.74. The van der Waals surface area contributed by atoms with Crippen LogP contribution in [0.2, 0.25) is 0 Å². The molecule has 0 aromatic carbocycles. The highest BCUT2D eigenvalue weighted by atomic mass is 16.5. The number of nitrogens with zero attached hydrogens (tertiary/aromatic N) is 2. The highest BCUT2D eigenvalue weighted by Gasteiger charge is 2.21. The summed E-state index contributed by atoms with van der Waals surface area (Å²) >= 11 is 0. The molecule has 0 spiro atoms. The Morgan fingerprint density at radius 1 is 1.33 bits per heavy atom. The molecule has 0 unspecified atom stereocenters. The van der Waals surface area contributed by atoms with Crippen LogP contribution in [0.4, 0.5) is 0 Å². The number of nitrogens with two attached hydrogens (primary N) is 1. The minimum atomic E-state index is -0.564. The number of hydrogen-bond donors (Lipinski definition) is 1. The second-order valence-corrected chi connectivity index (χ2v) is 5.75. The predicted octanol–water partition coefficient (Wildman–Crippen LogP) is 2.36. The molecule has 0 radical (unpaired) electrons. The summed E-state index contributed by atoms with van der Waals surface area (Å²) in [5, 5.41) is 3.86. The van der Waals surface area contributed by atoms with Crippen LogP contribution in [0.3, 0.4) is 0 Å². The van der Waals surface area contributed by atoms with Crippen molar-refractivity contribution < 1.29 is 9.26 Å². The molecule has 2 N–H and O–H groups in total. The van der Waals surface area contributed by atoms with Gasteiger partial charge in [-0.3, -0.25) is 0 Å². The Morgan fingerprint density at radius 3 is 2.67 bits per heavy atom. The Bertz CT molecular complexity index is 365. The first-order chi connectivity index (χ1) is 8.55. The predicted molar refractivity (Wildman–Crippen MR) is 67.7 cm³/mol. The van der Waals surface area contributed by atoms with Crippen LogP contribution < -0.4 is 5.73 Å². The molecular weight excluding hydrogens is 230 g/mol. The van der Waals surface area contributed by atoms with Crippen molar-refractivity contribution in [3.8, 4) is 0 Å². The van der Waals surface area contributed by atoms with Gasteiger partial charge >= 0.3 is 0 Å². The standard InChI is InChI=1S/C13H23N3O2/c1-13(2,14)12-15-11(18-16-12)9-17-8-10-6-4-3-5-7-10/h10H,3-9,14H2,1-2H3. The van der Waals surface area contributed by atoms with E-state index in [-0.39, 0.29) is 0 Å². The van der Waals surface area contributed by atoms with Crippen LogP contribution in [-0.4, -0.2) is 16.7 Å². The molecule has 0 aliphatic heterocycles. The van der Waals surface area contributed by atoms with Gasteiger partial charge in [0.25, 0.3) is 5.89 Å². The van der Waals surface area contributed by atoms with Crippen LogP contribution in [-0.2, 0) is 16.9 Å². The maximum absolute atomic E-state index is 5.89. The molecule has 2 rings (SSSR count). The Labute approximate surface area is 108 Å². The minimum Gasteiger partial charge on any atom is -0.371 e. The second-order valence-electron chi connectivity index (χ2n) is 5.75. The summed E-state index contributed by atoms with van der Waals surface area (Å²) in [7, 11) is 0. The monoisotopic (exact) mass is 253 g/mol. The van der Waals surface area contributed by atoms with Crippen LogP contribution in [0.15, 0.2) is 4.52 Å². The van der Waals surface area contributed by atoms with Crippen LogP contribution in [0, 0.1) is 5.92 Å². The average Bonchev–Trinajstić information content (AvgIpc) is 2.79. The molecule has 0 amide bonds. The van der Waals surface area contributed by atoms with Crippen molar-refractivity contribution in [2.45, 2.75) is 58.1 Å². The van der Waals surface area contributed by atoms with Gasteiger partial charge in [-0.1, -0.05) is 24.4 Å². The van der Waals surface area contributed by atoms with Gasteiger partial charge in [-0.15, -0.1) is 0 Å². The third kappa shape index (κ3) is 3.78. The van der Waals surface area contributed by atoms with Gasteiger partial charge in [-0.2, -0.15) is 4.98 Å². The van der Waals surface area contributed by atoms with E-state index in [4.69, 9.17) is 15.0 Å². The van der Waals surface area contributed by atoms with Crippen molar-refractivity contribution in [3.63, 3.8) is 0 Å². The molecule has 1 aliphatic rings. The largest absolute Gasteiger partial charge is 0.371 e. The summed E-state index contributed by atoms with van der Waals surface area (Å²) in [5.41, 5.74) is 5.33. The molecule has 0 atom stereocenters. The van der Waals surface area contributed by atoms with Crippen molar-refractivity contribution in [1.29, 1.82) is 0 Å². The zero-order chi connectivity index (χ0) is 13.0. The summed E-state index contributed by atoms with van der Waals surface area (Å²) in [4.78, 5) is 4.24. The molecule has 18 heavy (non-hydrogen) atoms. The van der Waals surface area contributed by atoms with E-state index in [1.807, 2.05) is 13.8 Å². The third-order valence-corrected chi connectivity index (χ3v) is 3.35. The van der Waals surface area contributed by atoms with E-state index < -0.39 is 5.54 Å². The van der Waals surface area contributed by atoms with E-state index in [1.165, 1.54) is 32.1 Å². The topological polar surface area (TPSA) is 74.2 Å². The van der Waals surface area contributed by atoms with Crippen molar-refractivity contribution in [1.82, 2.24) is 10.1 Å². The first kappa shape index (κ1) is 13.5. The molecule has 5 nitrogen and oxygen atoms in total. The molecule has 1 fully saturated rings. The van der Waals surface area contributed by atoms with Gasteiger partial charge in [0.1, 0.15) is 6.61 Å². The number of rotatable bonds is 5. The molecule has 1 heterocycles. The first-order valence-corrected chi connectivity index (χ1v) is 6.75. The lowest BCUT2D eigenvalue weighted by Crippen LogP contribution is -2.30. The second kappa shape index (κ2) is 5.80. The van der Waals surface area contributed by atoms with Gasteiger partial charge in [-0.05, 0) is 32.6 Å². The molecule has 0 bridgehead atoms. The van der Waals surface area contributed by atoms with Crippen LogP contribution in [0.5, 0.6) is 0 Å². The van der Waals surface area contributed by atoms with E-state index >= 15 is 0 Å². The highest BCUT2D eigenvalue weighted by Crippen LogP contribution is 2.24. The lowest BCUT2D eigenvalue weighted by atomic mass is 9.90. The Hall–Kier alpha value is -0.940. The van der Waals surface area contributed by atoms with Gasteiger partial charge in [-0.25, -0.2) is 0 Å². The maximum Gasteiger partial charge on any atom is 0.252 e. The summed E-state index contributed by atoms with van der Waals surface area (Å²) in [6.07, 6.45) is 6.60. The fourth-order valence-corrected chi connectivity index (χ4v) is 2.24. The summed E-state index contributed by atoms with van der Waals surface area (Å²) in [5.74, 6) is 1.74. The SMILES string of the molecule is CC(C)(N)c1noc(COCC2CCCCC2)n1. The fraction of sp³-hybridized carbons (Fsp3) is 0.846. The highest BCUT2D eigenvalue weighted by molar-refractivity contribution is 4.98. The number of hydrogen-bond acceptors (Lipinski definition) is 5. The van der Waals surface area contributed by atoms with Gasteiger partial charge in [0, 0.05) is 0 Å². The van der Waals surface area contributed by atoms with Crippen LogP contribution in [0.25, 0.3) is 0 Å². The summed E-state index contributed by atoms with van der Waals surface area (Å²) < 4.78 is 10.8. The maximum atomic E-state index is 5.89. The lowest BCUT2D eigenvalue weighted by Gasteiger charge is -2.20. The number of aromatic nitrogens is 2. The van der Waals surface area contributed by atoms with Crippen LogP contribution >= 0.6 is 0 Å². The summed E-state index contributed by atoms with van der Waals surface area (Å²) in [6, 6.07) is 0. The van der Waals surface area contributed by atoms with Gasteiger partial charge in [0.2, 0.25) is 0 Å². The average molecular weight is 253 g/mol.